The molecule has 3 heteroatoms. The summed E-state index contributed by atoms with van der Waals surface area (Å²) in [5, 5.41) is 0. The molecule has 1 rings (SSSR count). The van der Waals surface area contributed by atoms with Crippen LogP contribution in [0.2, 0.25) is 0 Å². The van der Waals surface area contributed by atoms with E-state index in [1.807, 2.05) is 0 Å². The van der Waals surface area contributed by atoms with Crippen LogP contribution < -0.4 is 0 Å². The second-order valence-electron chi connectivity index (χ2n) is 4.66. The van der Waals surface area contributed by atoms with Gasteiger partial charge in [-0.3, -0.25) is 0 Å². The van der Waals surface area contributed by atoms with E-state index >= 15 is 0 Å². The van der Waals surface area contributed by atoms with E-state index < -0.39 is 9.84 Å². The van der Waals surface area contributed by atoms with Crippen LogP contribution in [-0.2, 0) is 9.84 Å². The lowest BCUT2D eigenvalue weighted by Crippen LogP contribution is -2.08. The van der Waals surface area contributed by atoms with E-state index in [0.29, 0.717) is 23.3 Å². The molecular weight excluding hydrogens is 196 g/mol. The van der Waals surface area contributed by atoms with E-state index in [2.05, 4.69) is 13.8 Å². The number of hydrogen-bond donors (Lipinski definition) is 0. The van der Waals surface area contributed by atoms with Crippen LogP contribution in [0, 0.1) is 11.8 Å². The monoisotopic (exact) mass is 218 g/mol. The summed E-state index contributed by atoms with van der Waals surface area (Å²) in [4.78, 5) is 0. The van der Waals surface area contributed by atoms with Gasteiger partial charge in [0.05, 0.1) is 11.5 Å². The molecule has 0 saturated carbocycles. The van der Waals surface area contributed by atoms with Gasteiger partial charge in [-0.15, -0.1) is 0 Å². The standard InChI is InChI=1S/C11H22O2S/c1-3-4-5-6-7-11-9-14(12,13)8-10(11)2/h10-11H,3-9H2,1-2H3. The molecule has 14 heavy (non-hydrogen) atoms. The quantitative estimate of drug-likeness (QED) is 0.665. The Balaban J connectivity index is 2.25. The Morgan fingerprint density at radius 3 is 2.36 bits per heavy atom. The third-order valence-corrected chi connectivity index (χ3v) is 5.19. The van der Waals surface area contributed by atoms with Gasteiger partial charge in [0.15, 0.2) is 9.84 Å². The summed E-state index contributed by atoms with van der Waals surface area (Å²) in [6, 6.07) is 0. The van der Waals surface area contributed by atoms with Crippen LogP contribution in [0.15, 0.2) is 0 Å². The lowest BCUT2D eigenvalue weighted by Gasteiger charge is -2.12. The first-order valence-corrected chi connectivity index (χ1v) is 7.57. The zero-order chi connectivity index (χ0) is 10.6. The van der Waals surface area contributed by atoms with E-state index in [9.17, 15) is 8.42 Å². The Kier molecular flexibility index (Phi) is 4.42. The molecule has 0 aromatic rings. The molecule has 1 aliphatic heterocycles. The van der Waals surface area contributed by atoms with Crippen LogP contribution in [0.5, 0.6) is 0 Å². The van der Waals surface area contributed by atoms with Crippen molar-refractivity contribution in [3.05, 3.63) is 0 Å². The first-order chi connectivity index (χ1) is 6.55. The molecule has 0 N–H and O–H groups in total. The summed E-state index contributed by atoms with van der Waals surface area (Å²) >= 11 is 0. The zero-order valence-electron chi connectivity index (χ0n) is 9.33. The Hall–Kier alpha value is -0.0500. The fourth-order valence-corrected chi connectivity index (χ4v) is 4.65. The van der Waals surface area contributed by atoms with Gasteiger partial charge in [-0.1, -0.05) is 39.5 Å². The molecule has 84 valence electrons. The first-order valence-electron chi connectivity index (χ1n) is 5.75. The van der Waals surface area contributed by atoms with Crippen molar-refractivity contribution in [2.45, 2.75) is 46.0 Å². The van der Waals surface area contributed by atoms with Gasteiger partial charge in [-0.05, 0) is 18.3 Å². The van der Waals surface area contributed by atoms with Gasteiger partial charge in [0, 0.05) is 0 Å². The molecule has 1 saturated heterocycles. The third-order valence-electron chi connectivity index (χ3n) is 3.22. The molecule has 1 fully saturated rings. The van der Waals surface area contributed by atoms with E-state index in [-0.39, 0.29) is 0 Å². The van der Waals surface area contributed by atoms with Gasteiger partial charge in [0.1, 0.15) is 0 Å². The van der Waals surface area contributed by atoms with Crippen molar-refractivity contribution >= 4 is 9.84 Å². The molecule has 0 amide bonds. The Morgan fingerprint density at radius 2 is 1.86 bits per heavy atom. The number of unbranched alkanes of at least 4 members (excludes halogenated alkanes) is 3. The summed E-state index contributed by atoms with van der Waals surface area (Å²) in [5.74, 6) is 1.70. The van der Waals surface area contributed by atoms with Gasteiger partial charge in [-0.2, -0.15) is 0 Å². The fourth-order valence-electron chi connectivity index (χ4n) is 2.30. The van der Waals surface area contributed by atoms with Crippen LogP contribution in [0.1, 0.15) is 46.0 Å². The predicted octanol–water partition coefficient (Wildman–Crippen LogP) is 2.64. The minimum atomic E-state index is -2.69. The molecule has 0 bridgehead atoms. The maximum Gasteiger partial charge on any atom is 0.150 e. The highest BCUT2D eigenvalue weighted by molar-refractivity contribution is 7.91. The molecule has 0 aromatic carbocycles. The molecule has 0 aliphatic carbocycles. The van der Waals surface area contributed by atoms with Crippen LogP contribution in [0.25, 0.3) is 0 Å². The predicted molar refractivity (Wildman–Crippen MR) is 60.1 cm³/mol. The van der Waals surface area contributed by atoms with Crippen molar-refractivity contribution in [2.24, 2.45) is 11.8 Å². The molecule has 0 aromatic heterocycles. The Bertz CT molecular complexity index is 256. The molecule has 2 atom stereocenters. The maximum atomic E-state index is 11.3. The van der Waals surface area contributed by atoms with Crippen LogP contribution >= 0.6 is 0 Å². The zero-order valence-corrected chi connectivity index (χ0v) is 10.1. The van der Waals surface area contributed by atoms with Crippen molar-refractivity contribution in [3.8, 4) is 0 Å². The molecular formula is C11H22O2S. The summed E-state index contributed by atoms with van der Waals surface area (Å²) < 4.78 is 22.7. The molecule has 1 heterocycles. The highest BCUT2D eigenvalue weighted by Gasteiger charge is 2.33. The summed E-state index contributed by atoms with van der Waals surface area (Å²) in [5.41, 5.74) is 0. The Morgan fingerprint density at radius 1 is 1.14 bits per heavy atom. The lowest BCUT2D eigenvalue weighted by molar-refractivity contribution is 0.403. The van der Waals surface area contributed by atoms with E-state index in [0.717, 1.165) is 6.42 Å². The average molecular weight is 218 g/mol. The van der Waals surface area contributed by atoms with Gasteiger partial charge in [0.2, 0.25) is 0 Å². The van der Waals surface area contributed by atoms with Crippen molar-refractivity contribution < 1.29 is 8.42 Å². The van der Waals surface area contributed by atoms with Gasteiger partial charge in [0.25, 0.3) is 0 Å². The highest BCUT2D eigenvalue weighted by Crippen LogP contribution is 2.29. The second kappa shape index (κ2) is 5.15. The SMILES string of the molecule is CCCCCCC1CS(=O)(=O)CC1C. The summed E-state index contributed by atoms with van der Waals surface area (Å²) in [7, 11) is -2.69. The van der Waals surface area contributed by atoms with E-state index in [1.54, 1.807) is 0 Å². The molecule has 0 spiro atoms. The number of rotatable bonds is 5. The molecule has 2 nitrogen and oxygen atoms in total. The average Bonchev–Trinajstić information content (AvgIpc) is 2.34. The van der Waals surface area contributed by atoms with Gasteiger partial charge in [-0.25, -0.2) is 8.42 Å². The first kappa shape index (κ1) is 12.0. The lowest BCUT2D eigenvalue weighted by atomic mass is 9.92. The van der Waals surface area contributed by atoms with E-state index in [1.165, 1.54) is 25.7 Å². The minimum absolute atomic E-state index is 0.390. The third kappa shape index (κ3) is 3.60. The molecule has 0 radical (unpaired) electrons. The maximum absolute atomic E-state index is 11.3. The van der Waals surface area contributed by atoms with Crippen LogP contribution in [0.3, 0.4) is 0 Å². The van der Waals surface area contributed by atoms with Crippen molar-refractivity contribution in [3.63, 3.8) is 0 Å². The van der Waals surface area contributed by atoms with E-state index in [4.69, 9.17) is 0 Å². The minimum Gasteiger partial charge on any atom is -0.229 e. The highest BCUT2D eigenvalue weighted by atomic mass is 32.2. The van der Waals surface area contributed by atoms with Crippen LogP contribution in [-0.4, -0.2) is 19.9 Å². The summed E-state index contributed by atoms with van der Waals surface area (Å²) in [6.45, 7) is 4.28. The number of sulfone groups is 1. The fraction of sp³-hybridized carbons (Fsp3) is 1.00. The summed E-state index contributed by atoms with van der Waals surface area (Å²) in [6.07, 6.45) is 6.12. The van der Waals surface area contributed by atoms with Crippen molar-refractivity contribution in [1.82, 2.24) is 0 Å². The van der Waals surface area contributed by atoms with Crippen molar-refractivity contribution in [2.75, 3.05) is 11.5 Å². The normalized spacial score (nSPS) is 30.7. The molecule has 1 aliphatic rings. The van der Waals surface area contributed by atoms with Gasteiger partial charge >= 0.3 is 0 Å². The largest absolute Gasteiger partial charge is 0.229 e. The molecule has 2 unspecified atom stereocenters. The second-order valence-corrected chi connectivity index (χ2v) is 6.82. The van der Waals surface area contributed by atoms with Gasteiger partial charge < -0.3 is 0 Å². The van der Waals surface area contributed by atoms with Crippen LogP contribution in [0.4, 0.5) is 0 Å². The number of hydrogen-bond acceptors (Lipinski definition) is 2. The smallest absolute Gasteiger partial charge is 0.150 e. The topological polar surface area (TPSA) is 34.1 Å². The van der Waals surface area contributed by atoms with Crippen molar-refractivity contribution in [1.29, 1.82) is 0 Å². The Labute approximate surface area is 88.0 Å².